The number of carbonyl (C=O) groups is 1. The molecule has 0 saturated heterocycles. The summed E-state index contributed by atoms with van der Waals surface area (Å²) in [6.45, 7) is 3.07. The number of benzene rings is 1. The van der Waals surface area contributed by atoms with Gasteiger partial charge in [-0.2, -0.15) is 5.10 Å². The highest BCUT2D eigenvalue weighted by Gasteiger charge is 2.18. The molecule has 0 unspecified atom stereocenters. The van der Waals surface area contributed by atoms with Crippen LogP contribution in [0.4, 0.5) is 0 Å². The molecule has 1 saturated carbocycles. The summed E-state index contributed by atoms with van der Waals surface area (Å²) in [5, 5.41) is 14.3. The Balaban J connectivity index is 1.52. The summed E-state index contributed by atoms with van der Waals surface area (Å²) >= 11 is 0. The molecular weight excluding hydrogens is 400 g/mol. The molecule has 168 valence electrons. The van der Waals surface area contributed by atoms with Gasteiger partial charge in [-0.3, -0.25) is 4.98 Å². The van der Waals surface area contributed by atoms with Gasteiger partial charge in [0.25, 0.3) is 0 Å². The van der Waals surface area contributed by atoms with E-state index in [1.54, 1.807) is 18.3 Å². The Hall–Kier alpha value is -3.02. The van der Waals surface area contributed by atoms with Crippen molar-refractivity contribution in [2.45, 2.75) is 71.3 Å². The predicted octanol–water partition coefficient (Wildman–Crippen LogP) is 5.55. The smallest absolute Gasteiger partial charge is 0.336 e. The highest BCUT2D eigenvalue weighted by atomic mass is 16.4. The third-order valence-electron chi connectivity index (χ3n) is 6.34. The topological polar surface area (TPSA) is 80.9 Å². The Labute approximate surface area is 189 Å². The van der Waals surface area contributed by atoms with Crippen LogP contribution >= 0.6 is 0 Å². The zero-order valence-electron chi connectivity index (χ0n) is 18.8. The first-order chi connectivity index (χ1) is 15.6. The maximum Gasteiger partial charge on any atom is 0.336 e. The monoisotopic (exact) mass is 432 g/mol. The molecule has 3 aromatic rings. The third-order valence-corrected chi connectivity index (χ3v) is 6.34. The van der Waals surface area contributed by atoms with Crippen LogP contribution in [0.2, 0.25) is 0 Å². The van der Waals surface area contributed by atoms with Gasteiger partial charge in [0.15, 0.2) is 5.82 Å². The highest BCUT2D eigenvalue weighted by Crippen LogP contribution is 2.27. The summed E-state index contributed by atoms with van der Waals surface area (Å²) < 4.78 is 2.07. The lowest BCUT2D eigenvalue weighted by atomic mass is 9.87. The molecule has 1 aliphatic carbocycles. The molecule has 0 bridgehead atoms. The lowest BCUT2D eigenvalue weighted by molar-refractivity contribution is 0.0697. The van der Waals surface area contributed by atoms with Gasteiger partial charge in [0, 0.05) is 36.8 Å². The van der Waals surface area contributed by atoms with Crippen molar-refractivity contribution in [1.29, 1.82) is 0 Å². The molecule has 0 amide bonds. The molecule has 1 fully saturated rings. The Morgan fingerprint density at radius 3 is 2.66 bits per heavy atom. The summed E-state index contributed by atoms with van der Waals surface area (Å²) in [5.74, 6) is 1.72. The average molecular weight is 433 g/mol. The van der Waals surface area contributed by atoms with Crippen LogP contribution in [0.5, 0.6) is 0 Å². The average Bonchev–Trinajstić information content (AvgIpc) is 3.19. The Morgan fingerprint density at radius 2 is 1.94 bits per heavy atom. The quantitative estimate of drug-likeness (QED) is 0.479. The first-order valence-corrected chi connectivity index (χ1v) is 11.8. The van der Waals surface area contributed by atoms with Crippen molar-refractivity contribution in [3.8, 4) is 11.1 Å². The van der Waals surface area contributed by atoms with Crippen molar-refractivity contribution in [3.63, 3.8) is 0 Å². The normalized spacial score (nSPS) is 14.5. The van der Waals surface area contributed by atoms with Gasteiger partial charge in [-0.25, -0.2) is 14.5 Å². The Morgan fingerprint density at radius 1 is 1.12 bits per heavy atom. The molecule has 0 atom stereocenters. The van der Waals surface area contributed by atoms with E-state index in [0.717, 1.165) is 48.7 Å². The van der Waals surface area contributed by atoms with Crippen LogP contribution in [-0.2, 0) is 19.4 Å². The zero-order valence-corrected chi connectivity index (χ0v) is 18.8. The first-order valence-electron chi connectivity index (χ1n) is 11.8. The number of rotatable bonds is 9. The molecule has 2 aromatic heterocycles. The van der Waals surface area contributed by atoms with E-state index in [2.05, 4.69) is 16.6 Å². The highest BCUT2D eigenvalue weighted by molar-refractivity contribution is 5.95. The van der Waals surface area contributed by atoms with E-state index in [9.17, 15) is 9.90 Å². The molecule has 1 aromatic carbocycles. The van der Waals surface area contributed by atoms with Crippen LogP contribution in [0.15, 0.2) is 42.6 Å². The summed E-state index contributed by atoms with van der Waals surface area (Å²) in [6, 6.07) is 10.9. The first kappa shape index (κ1) is 22.2. The standard InChI is InChI=1S/C26H32N4O2/c1-2-3-15-30-25(28-24(29-30)16-19-9-5-4-6-10-19)17-21-14-13-20(18-27-21)22-11-7-8-12-23(22)26(31)32/h7-8,11-14,18-19H,2-6,9-10,15-17H2,1H3,(H,31,32). The molecule has 1 aliphatic rings. The largest absolute Gasteiger partial charge is 0.478 e. The Kier molecular flexibility index (Phi) is 7.30. The number of aromatic carboxylic acids is 1. The molecular formula is C26H32N4O2. The number of hydrogen-bond acceptors (Lipinski definition) is 4. The summed E-state index contributed by atoms with van der Waals surface area (Å²) in [7, 11) is 0. The summed E-state index contributed by atoms with van der Waals surface area (Å²) in [6.07, 6.45) is 12.2. The van der Waals surface area contributed by atoms with Crippen molar-refractivity contribution >= 4 is 5.97 Å². The van der Waals surface area contributed by atoms with Gasteiger partial charge >= 0.3 is 5.97 Å². The van der Waals surface area contributed by atoms with E-state index in [1.807, 2.05) is 24.3 Å². The SMILES string of the molecule is CCCCn1nc(CC2CCCCC2)nc1Cc1ccc(-c2ccccc2C(=O)O)cn1. The Bertz CT molecular complexity index is 1040. The molecule has 0 spiro atoms. The van der Waals surface area contributed by atoms with Gasteiger partial charge in [-0.05, 0) is 30.0 Å². The molecule has 1 N–H and O–H groups in total. The van der Waals surface area contributed by atoms with E-state index in [4.69, 9.17) is 10.1 Å². The van der Waals surface area contributed by atoms with Gasteiger partial charge in [0.1, 0.15) is 5.82 Å². The molecule has 6 heteroatoms. The van der Waals surface area contributed by atoms with Crippen LogP contribution in [-0.4, -0.2) is 30.8 Å². The minimum atomic E-state index is -0.931. The predicted molar refractivity (Wildman–Crippen MR) is 125 cm³/mol. The summed E-state index contributed by atoms with van der Waals surface area (Å²) in [4.78, 5) is 21.1. The molecule has 4 rings (SSSR count). The van der Waals surface area contributed by atoms with E-state index in [1.165, 1.54) is 32.1 Å². The second-order valence-electron chi connectivity index (χ2n) is 8.79. The van der Waals surface area contributed by atoms with Gasteiger partial charge in [-0.1, -0.05) is 69.7 Å². The molecule has 2 heterocycles. The number of hydrogen-bond donors (Lipinski definition) is 1. The number of carboxylic acids is 1. The fraction of sp³-hybridized carbons (Fsp3) is 0.462. The van der Waals surface area contributed by atoms with Gasteiger partial charge in [-0.15, -0.1) is 0 Å². The number of carboxylic acid groups (broad SMARTS) is 1. The van der Waals surface area contributed by atoms with E-state index in [-0.39, 0.29) is 5.56 Å². The maximum absolute atomic E-state index is 11.5. The van der Waals surface area contributed by atoms with Gasteiger partial charge in [0.05, 0.1) is 5.56 Å². The molecule has 6 nitrogen and oxygen atoms in total. The lowest BCUT2D eigenvalue weighted by Crippen LogP contribution is -2.10. The third kappa shape index (κ3) is 5.42. The van der Waals surface area contributed by atoms with Crippen molar-refractivity contribution in [2.24, 2.45) is 5.92 Å². The zero-order chi connectivity index (χ0) is 22.3. The van der Waals surface area contributed by atoms with Crippen LogP contribution in [0.3, 0.4) is 0 Å². The van der Waals surface area contributed by atoms with Crippen molar-refractivity contribution in [3.05, 3.63) is 65.5 Å². The number of aromatic nitrogens is 4. The molecule has 0 radical (unpaired) electrons. The van der Waals surface area contributed by atoms with E-state index in [0.29, 0.717) is 17.9 Å². The molecule has 32 heavy (non-hydrogen) atoms. The van der Waals surface area contributed by atoms with Crippen LogP contribution in [0.25, 0.3) is 11.1 Å². The minimum absolute atomic E-state index is 0.286. The number of aryl methyl sites for hydroxylation is 1. The summed E-state index contributed by atoms with van der Waals surface area (Å²) in [5.41, 5.74) is 2.68. The fourth-order valence-corrected chi connectivity index (χ4v) is 4.55. The lowest BCUT2D eigenvalue weighted by Gasteiger charge is -2.19. The van der Waals surface area contributed by atoms with E-state index < -0.39 is 5.97 Å². The second-order valence-corrected chi connectivity index (χ2v) is 8.79. The van der Waals surface area contributed by atoms with E-state index >= 15 is 0 Å². The van der Waals surface area contributed by atoms with Crippen molar-refractivity contribution in [2.75, 3.05) is 0 Å². The fourth-order valence-electron chi connectivity index (χ4n) is 4.55. The number of nitrogens with zero attached hydrogens (tertiary/aromatic N) is 4. The minimum Gasteiger partial charge on any atom is -0.478 e. The van der Waals surface area contributed by atoms with Gasteiger partial charge < -0.3 is 5.11 Å². The maximum atomic E-state index is 11.5. The number of unbranched alkanes of at least 4 members (excludes halogenated alkanes) is 1. The van der Waals surface area contributed by atoms with Crippen molar-refractivity contribution in [1.82, 2.24) is 19.7 Å². The number of pyridine rings is 1. The second kappa shape index (κ2) is 10.5. The van der Waals surface area contributed by atoms with Crippen LogP contribution in [0, 0.1) is 5.92 Å². The van der Waals surface area contributed by atoms with Crippen molar-refractivity contribution < 1.29 is 9.90 Å². The van der Waals surface area contributed by atoms with Crippen LogP contribution < -0.4 is 0 Å². The van der Waals surface area contributed by atoms with Gasteiger partial charge in [0.2, 0.25) is 0 Å². The van der Waals surface area contributed by atoms with Crippen LogP contribution in [0.1, 0.15) is 79.6 Å². The molecule has 0 aliphatic heterocycles.